The molecule has 3 amide bonds. The molecule has 0 spiro atoms. The number of benzene rings is 2. The van der Waals surface area contributed by atoms with E-state index in [9.17, 15) is 14.4 Å². The van der Waals surface area contributed by atoms with Crippen molar-refractivity contribution in [2.45, 2.75) is 6.04 Å². The maximum absolute atomic E-state index is 12.2. The molecule has 2 aromatic rings. The summed E-state index contributed by atoms with van der Waals surface area (Å²) in [6.07, 6.45) is 0. The van der Waals surface area contributed by atoms with Crippen molar-refractivity contribution in [2.75, 3.05) is 25.4 Å². The Bertz CT molecular complexity index is 847. The van der Waals surface area contributed by atoms with Crippen LogP contribution < -0.4 is 4.74 Å². The first kappa shape index (κ1) is 16.0. The number of nitrogens with zero attached hydrogens (tertiary/aromatic N) is 2. The van der Waals surface area contributed by atoms with Gasteiger partial charge in [0.2, 0.25) is 5.91 Å². The number of ether oxygens (including phenoxy) is 1. The molecule has 6 nitrogen and oxygen atoms in total. The van der Waals surface area contributed by atoms with E-state index in [1.807, 2.05) is 42.5 Å². The summed E-state index contributed by atoms with van der Waals surface area (Å²) >= 11 is 1.02. The van der Waals surface area contributed by atoms with Gasteiger partial charge in [-0.3, -0.25) is 19.3 Å². The van der Waals surface area contributed by atoms with Crippen LogP contribution in [-0.4, -0.2) is 58.3 Å². The van der Waals surface area contributed by atoms with Crippen LogP contribution in [0.15, 0.2) is 42.5 Å². The summed E-state index contributed by atoms with van der Waals surface area (Å²) in [5.41, 5.74) is 0. The molecule has 4 rings (SSSR count). The highest BCUT2D eigenvalue weighted by atomic mass is 32.2. The van der Waals surface area contributed by atoms with Gasteiger partial charge in [-0.05, 0) is 22.9 Å². The Labute approximate surface area is 148 Å². The highest BCUT2D eigenvalue weighted by Crippen LogP contribution is 2.26. The maximum atomic E-state index is 12.2. The lowest BCUT2D eigenvalue weighted by atomic mass is 10.1. The number of carbonyl (C=O) groups excluding carboxylic acids is 3. The number of hydrogen-bond donors (Lipinski definition) is 0. The van der Waals surface area contributed by atoms with Gasteiger partial charge in [-0.1, -0.05) is 42.1 Å². The van der Waals surface area contributed by atoms with E-state index in [0.717, 1.165) is 22.5 Å². The number of fused-ring (bicyclic) bond motifs is 1. The van der Waals surface area contributed by atoms with Gasteiger partial charge in [-0.25, -0.2) is 0 Å². The SMILES string of the molecule is O=C(COc1ccc2ccccc2c1)N1CC(N2C(=O)CSC2=O)C1. The first-order valence-corrected chi connectivity index (χ1v) is 8.98. The molecule has 2 aliphatic heterocycles. The van der Waals surface area contributed by atoms with Gasteiger partial charge in [0.1, 0.15) is 5.75 Å². The average molecular weight is 356 g/mol. The lowest BCUT2D eigenvalue weighted by Crippen LogP contribution is -2.62. The van der Waals surface area contributed by atoms with Crippen molar-refractivity contribution in [3.05, 3.63) is 42.5 Å². The Morgan fingerprint density at radius 1 is 1.12 bits per heavy atom. The van der Waals surface area contributed by atoms with Gasteiger partial charge in [0, 0.05) is 13.1 Å². The minimum atomic E-state index is -0.213. The van der Waals surface area contributed by atoms with Crippen molar-refractivity contribution < 1.29 is 19.1 Å². The second-order valence-electron chi connectivity index (χ2n) is 6.07. The minimum Gasteiger partial charge on any atom is -0.484 e. The molecular formula is C18H16N2O4S. The molecule has 0 aliphatic carbocycles. The Morgan fingerprint density at radius 3 is 2.60 bits per heavy atom. The molecular weight excluding hydrogens is 340 g/mol. The zero-order valence-corrected chi connectivity index (χ0v) is 14.2. The second kappa shape index (κ2) is 6.40. The van der Waals surface area contributed by atoms with Crippen molar-refractivity contribution in [1.29, 1.82) is 0 Å². The van der Waals surface area contributed by atoms with E-state index in [-0.39, 0.29) is 35.5 Å². The van der Waals surface area contributed by atoms with E-state index in [0.29, 0.717) is 18.8 Å². The largest absolute Gasteiger partial charge is 0.484 e. The Morgan fingerprint density at radius 2 is 1.88 bits per heavy atom. The van der Waals surface area contributed by atoms with Gasteiger partial charge in [0.15, 0.2) is 6.61 Å². The number of carbonyl (C=O) groups is 3. The number of imide groups is 1. The molecule has 2 heterocycles. The van der Waals surface area contributed by atoms with Crippen LogP contribution in [0.1, 0.15) is 0 Å². The lowest BCUT2D eigenvalue weighted by Gasteiger charge is -2.42. The van der Waals surface area contributed by atoms with Gasteiger partial charge in [0.25, 0.3) is 11.1 Å². The number of hydrogen-bond acceptors (Lipinski definition) is 5. The van der Waals surface area contributed by atoms with E-state index in [2.05, 4.69) is 0 Å². The number of thioether (sulfide) groups is 1. The van der Waals surface area contributed by atoms with Crippen LogP contribution in [-0.2, 0) is 9.59 Å². The third-order valence-electron chi connectivity index (χ3n) is 4.45. The predicted molar refractivity (Wildman–Crippen MR) is 94.5 cm³/mol. The lowest BCUT2D eigenvalue weighted by molar-refractivity contribution is -0.143. The fourth-order valence-electron chi connectivity index (χ4n) is 3.03. The highest BCUT2D eigenvalue weighted by Gasteiger charge is 2.43. The summed E-state index contributed by atoms with van der Waals surface area (Å²) in [5, 5.41) is 1.96. The standard InChI is InChI=1S/C18H16N2O4S/c21-16(19-8-14(9-19)20-17(22)11-25-18(20)23)10-24-15-6-5-12-3-1-2-4-13(12)7-15/h1-7,14H,8-11H2. The molecule has 0 aromatic heterocycles. The molecule has 0 atom stereocenters. The molecule has 2 aromatic carbocycles. The number of rotatable bonds is 4. The summed E-state index contributed by atoms with van der Waals surface area (Å²) in [5.74, 6) is 0.537. The van der Waals surface area contributed by atoms with Crippen LogP contribution in [0.2, 0.25) is 0 Å². The molecule has 7 heteroatoms. The molecule has 0 saturated carbocycles. The topological polar surface area (TPSA) is 66.9 Å². The van der Waals surface area contributed by atoms with Gasteiger partial charge < -0.3 is 9.64 Å². The first-order chi connectivity index (χ1) is 12.1. The molecule has 0 unspecified atom stereocenters. The van der Waals surface area contributed by atoms with Crippen LogP contribution in [0.3, 0.4) is 0 Å². The number of likely N-dealkylation sites (tertiary alicyclic amines) is 1. The summed E-state index contributed by atoms with van der Waals surface area (Å²) in [7, 11) is 0. The van der Waals surface area contributed by atoms with Gasteiger partial charge >= 0.3 is 0 Å². The third-order valence-corrected chi connectivity index (χ3v) is 5.28. The molecule has 0 N–H and O–H groups in total. The monoisotopic (exact) mass is 356 g/mol. The van der Waals surface area contributed by atoms with E-state index in [1.54, 1.807) is 4.90 Å². The van der Waals surface area contributed by atoms with Crippen molar-refractivity contribution in [3.8, 4) is 5.75 Å². The van der Waals surface area contributed by atoms with Crippen LogP contribution in [0, 0.1) is 0 Å². The molecule has 0 radical (unpaired) electrons. The van der Waals surface area contributed by atoms with Crippen molar-refractivity contribution in [1.82, 2.24) is 9.80 Å². The summed E-state index contributed by atoms with van der Waals surface area (Å²) in [4.78, 5) is 38.4. The Balaban J connectivity index is 1.31. The average Bonchev–Trinajstić information content (AvgIpc) is 2.91. The smallest absolute Gasteiger partial charge is 0.289 e. The van der Waals surface area contributed by atoms with Crippen LogP contribution in [0.5, 0.6) is 5.75 Å². The second-order valence-corrected chi connectivity index (χ2v) is 7.00. The first-order valence-electron chi connectivity index (χ1n) is 8.00. The molecule has 25 heavy (non-hydrogen) atoms. The van der Waals surface area contributed by atoms with Crippen molar-refractivity contribution >= 4 is 39.6 Å². The quantitative estimate of drug-likeness (QED) is 0.840. The van der Waals surface area contributed by atoms with Crippen LogP contribution >= 0.6 is 11.8 Å². The zero-order valence-electron chi connectivity index (χ0n) is 13.4. The van der Waals surface area contributed by atoms with Crippen LogP contribution in [0.4, 0.5) is 4.79 Å². The molecule has 0 bridgehead atoms. The highest BCUT2D eigenvalue weighted by molar-refractivity contribution is 8.14. The normalized spacial score (nSPS) is 17.9. The third kappa shape index (κ3) is 3.07. The van der Waals surface area contributed by atoms with Crippen LogP contribution in [0.25, 0.3) is 10.8 Å². The predicted octanol–water partition coefficient (Wildman–Crippen LogP) is 2.12. The van der Waals surface area contributed by atoms with Gasteiger partial charge in [-0.2, -0.15) is 0 Å². The zero-order chi connectivity index (χ0) is 17.4. The van der Waals surface area contributed by atoms with E-state index >= 15 is 0 Å². The summed E-state index contributed by atoms with van der Waals surface area (Å²) < 4.78 is 5.59. The molecule has 2 aliphatic rings. The van der Waals surface area contributed by atoms with E-state index < -0.39 is 0 Å². The summed E-state index contributed by atoms with van der Waals surface area (Å²) in [6.45, 7) is 0.720. The molecule has 2 saturated heterocycles. The fourth-order valence-corrected chi connectivity index (χ4v) is 3.81. The Hall–Kier alpha value is -2.54. The minimum absolute atomic E-state index is 0.0539. The summed E-state index contributed by atoms with van der Waals surface area (Å²) in [6, 6.07) is 13.4. The van der Waals surface area contributed by atoms with Crippen molar-refractivity contribution in [3.63, 3.8) is 0 Å². The van der Waals surface area contributed by atoms with E-state index in [1.165, 1.54) is 4.90 Å². The number of amides is 3. The maximum Gasteiger partial charge on any atom is 0.289 e. The van der Waals surface area contributed by atoms with Gasteiger partial charge in [0.05, 0.1) is 11.8 Å². The van der Waals surface area contributed by atoms with Crippen molar-refractivity contribution in [2.24, 2.45) is 0 Å². The molecule has 2 fully saturated rings. The van der Waals surface area contributed by atoms with Gasteiger partial charge in [-0.15, -0.1) is 0 Å². The molecule has 128 valence electrons. The Kier molecular flexibility index (Phi) is 4.09. The fraction of sp³-hybridized carbons (Fsp3) is 0.278. The van der Waals surface area contributed by atoms with E-state index in [4.69, 9.17) is 4.74 Å².